The predicted molar refractivity (Wildman–Crippen MR) is 129 cm³/mol. The van der Waals surface area contributed by atoms with Crippen LogP contribution in [0.25, 0.3) is 11.3 Å². The largest absolute Gasteiger partial charge is 0.494 e. The molecule has 2 unspecified atom stereocenters. The van der Waals surface area contributed by atoms with E-state index < -0.39 is 5.60 Å². The molecule has 2 aromatic rings. The molecule has 7 nitrogen and oxygen atoms in total. The van der Waals surface area contributed by atoms with Gasteiger partial charge >= 0.3 is 13.2 Å². The number of hydrogen-bond donors (Lipinski definition) is 2. The second-order valence-corrected chi connectivity index (χ2v) is 11.2. The highest BCUT2D eigenvalue weighted by Crippen LogP contribution is 2.37. The molecule has 178 valence electrons. The van der Waals surface area contributed by atoms with Gasteiger partial charge in [0.15, 0.2) is 0 Å². The summed E-state index contributed by atoms with van der Waals surface area (Å²) in [5.41, 5.74) is 1.76. The van der Waals surface area contributed by atoms with Crippen molar-refractivity contribution in [1.29, 1.82) is 0 Å². The SMILES string of the molecule is CC(C)(C)OC(=O)NC1CCCC1c1ncc(-c2ccc(B3OC(C)(C)C(C)(C)O3)cc2)[nH]1. The Morgan fingerprint density at radius 2 is 1.76 bits per heavy atom. The first-order valence-corrected chi connectivity index (χ1v) is 11.8. The zero-order valence-corrected chi connectivity index (χ0v) is 20.8. The Hall–Kier alpha value is -2.32. The van der Waals surface area contributed by atoms with Crippen molar-refractivity contribution in [3.63, 3.8) is 0 Å². The summed E-state index contributed by atoms with van der Waals surface area (Å²) in [6.07, 6.45) is 4.44. The molecule has 8 heteroatoms. The molecule has 2 atom stereocenters. The number of alkyl carbamates (subject to hydrolysis) is 1. The van der Waals surface area contributed by atoms with Crippen molar-refractivity contribution in [2.45, 2.75) is 96.5 Å². The van der Waals surface area contributed by atoms with Gasteiger partial charge in [-0.25, -0.2) is 9.78 Å². The van der Waals surface area contributed by atoms with Gasteiger partial charge in [-0.15, -0.1) is 0 Å². The maximum absolute atomic E-state index is 12.3. The Bertz CT molecular complexity index is 978. The van der Waals surface area contributed by atoms with Crippen LogP contribution in [0.1, 0.15) is 79.5 Å². The molecule has 0 radical (unpaired) electrons. The second kappa shape index (κ2) is 8.47. The molecule has 1 saturated carbocycles. The van der Waals surface area contributed by atoms with Crippen molar-refractivity contribution in [2.24, 2.45) is 0 Å². The van der Waals surface area contributed by atoms with E-state index in [1.807, 2.05) is 39.1 Å². The van der Waals surface area contributed by atoms with E-state index in [1.54, 1.807) is 0 Å². The molecular formula is C25H36BN3O4. The van der Waals surface area contributed by atoms with Crippen molar-refractivity contribution in [2.75, 3.05) is 0 Å². The number of nitrogens with zero attached hydrogens (tertiary/aromatic N) is 1. The second-order valence-electron chi connectivity index (χ2n) is 11.2. The van der Waals surface area contributed by atoms with E-state index in [1.165, 1.54) is 0 Å². The highest BCUT2D eigenvalue weighted by molar-refractivity contribution is 6.62. The lowest BCUT2D eigenvalue weighted by atomic mass is 9.79. The molecule has 1 saturated heterocycles. The lowest BCUT2D eigenvalue weighted by molar-refractivity contribution is 0.00578. The van der Waals surface area contributed by atoms with E-state index in [-0.39, 0.29) is 36.4 Å². The quantitative estimate of drug-likeness (QED) is 0.665. The summed E-state index contributed by atoms with van der Waals surface area (Å²) < 4.78 is 17.7. The zero-order valence-electron chi connectivity index (χ0n) is 20.8. The topological polar surface area (TPSA) is 85.5 Å². The van der Waals surface area contributed by atoms with Gasteiger partial charge in [0.05, 0.1) is 23.1 Å². The van der Waals surface area contributed by atoms with Gasteiger partial charge in [-0.05, 0) is 72.3 Å². The maximum atomic E-state index is 12.3. The molecule has 1 aliphatic carbocycles. The third-order valence-corrected chi connectivity index (χ3v) is 6.91. The zero-order chi connectivity index (χ0) is 24.0. The number of aromatic nitrogens is 2. The molecule has 2 N–H and O–H groups in total. The fourth-order valence-electron chi connectivity index (χ4n) is 4.39. The molecule has 4 rings (SSSR count). The van der Waals surface area contributed by atoms with Crippen LogP contribution in [-0.4, -0.2) is 46.0 Å². The minimum atomic E-state index is -0.512. The third-order valence-electron chi connectivity index (χ3n) is 6.91. The Balaban J connectivity index is 1.43. The first kappa shape index (κ1) is 23.8. The highest BCUT2D eigenvalue weighted by Gasteiger charge is 2.51. The van der Waals surface area contributed by atoms with E-state index in [4.69, 9.17) is 14.0 Å². The normalized spacial score (nSPS) is 24.2. The van der Waals surface area contributed by atoms with Gasteiger partial charge in [0, 0.05) is 12.0 Å². The molecule has 0 bridgehead atoms. The molecule has 1 aromatic heterocycles. The number of carbonyl (C=O) groups excluding carboxylic acids is 1. The number of ether oxygens (including phenoxy) is 1. The molecule has 1 amide bonds. The van der Waals surface area contributed by atoms with Crippen molar-refractivity contribution in [3.05, 3.63) is 36.3 Å². The van der Waals surface area contributed by atoms with Crippen LogP contribution in [0.5, 0.6) is 0 Å². The first-order valence-electron chi connectivity index (χ1n) is 11.8. The highest BCUT2D eigenvalue weighted by atomic mass is 16.7. The summed E-state index contributed by atoms with van der Waals surface area (Å²) >= 11 is 0. The van der Waals surface area contributed by atoms with Crippen LogP contribution in [0.4, 0.5) is 4.79 Å². The summed E-state index contributed by atoms with van der Waals surface area (Å²) in [5.74, 6) is 1.05. The number of nitrogens with one attached hydrogen (secondary N) is 2. The smallest absolute Gasteiger partial charge is 0.444 e. The maximum Gasteiger partial charge on any atom is 0.494 e. The first-order chi connectivity index (χ1) is 15.3. The Labute approximate surface area is 197 Å². The van der Waals surface area contributed by atoms with Gasteiger partial charge in [-0.3, -0.25) is 0 Å². The van der Waals surface area contributed by atoms with Crippen molar-refractivity contribution in [1.82, 2.24) is 15.3 Å². The average Bonchev–Trinajstić information content (AvgIpc) is 3.39. The van der Waals surface area contributed by atoms with Crippen LogP contribution in [-0.2, 0) is 14.0 Å². The summed E-state index contributed by atoms with van der Waals surface area (Å²) in [7, 11) is -0.375. The van der Waals surface area contributed by atoms with Crippen LogP contribution < -0.4 is 10.8 Å². The standard InChI is InChI=1S/C25H36BN3O4/c1-23(2,3)31-22(30)29-19-10-8-9-18(19)21-27-15-20(28-21)16-11-13-17(14-12-16)26-32-24(4,5)25(6,7)33-26/h11-15,18-19H,8-10H2,1-7H3,(H,27,28)(H,29,30). The number of hydrogen-bond acceptors (Lipinski definition) is 5. The lowest BCUT2D eigenvalue weighted by Gasteiger charge is -2.32. The summed E-state index contributed by atoms with van der Waals surface area (Å²) in [6.45, 7) is 13.8. The molecule has 0 spiro atoms. The van der Waals surface area contributed by atoms with E-state index in [9.17, 15) is 4.79 Å². The number of carbonyl (C=O) groups is 1. The van der Waals surface area contributed by atoms with Crippen LogP contribution in [0.3, 0.4) is 0 Å². The number of aromatic amines is 1. The van der Waals surface area contributed by atoms with Gasteiger partial charge in [0.25, 0.3) is 0 Å². The number of imidazole rings is 1. The summed E-state index contributed by atoms with van der Waals surface area (Å²) in [6, 6.07) is 8.22. The van der Waals surface area contributed by atoms with Crippen LogP contribution in [0, 0.1) is 0 Å². The van der Waals surface area contributed by atoms with Crippen LogP contribution in [0.2, 0.25) is 0 Å². The van der Waals surface area contributed by atoms with E-state index in [2.05, 4.69) is 55.1 Å². The predicted octanol–water partition coefficient (Wildman–Crippen LogP) is 4.54. The Kier molecular flexibility index (Phi) is 6.12. The van der Waals surface area contributed by atoms with Gasteiger partial charge < -0.3 is 24.3 Å². The number of rotatable bonds is 4. The molecule has 2 fully saturated rings. The molecule has 1 aliphatic heterocycles. The minimum absolute atomic E-state index is 0.0181. The van der Waals surface area contributed by atoms with Gasteiger partial charge in [0.2, 0.25) is 0 Å². The molecular weight excluding hydrogens is 417 g/mol. The average molecular weight is 453 g/mol. The van der Waals surface area contributed by atoms with E-state index in [0.29, 0.717) is 0 Å². The summed E-state index contributed by atoms with van der Waals surface area (Å²) in [5, 5.41) is 3.04. The van der Waals surface area contributed by atoms with Gasteiger partial charge in [-0.2, -0.15) is 0 Å². The van der Waals surface area contributed by atoms with Gasteiger partial charge in [-0.1, -0.05) is 30.7 Å². The fraction of sp³-hybridized carbons (Fsp3) is 0.600. The third kappa shape index (κ3) is 5.12. The van der Waals surface area contributed by atoms with Crippen molar-refractivity contribution >= 4 is 18.7 Å². The number of amides is 1. The van der Waals surface area contributed by atoms with Crippen molar-refractivity contribution in [3.8, 4) is 11.3 Å². The monoisotopic (exact) mass is 453 g/mol. The lowest BCUT2D eigenvalue weighted by Crippen LogP contribution is -2.41. The number of benzene rings is 1. The van der Waals surface area contributed by atoms with Crippen molar-refractivity contribution < 1.29 is 18.8 Å². The van der Waals surface area contributed by atoms with Crippen LogP contribution in [0.15, 0.2) is 30.5 Å². The summed E-state index contributed by atoms with van der Waals surface area (Å²) in [4.78, 5) is 20.4. The molecule has 2 aliphatic rings. The fourth-order valence-corrected chi connectivity index (χ4v) is 4.39. The Morgan fingerprint density at radius 1 is 1.12 bits per heavy atom. The molecule has 1 aromatic carbocycles. The van der Waals surface area contributed by atoms with E-state index >= 15 is 0 Å². The van der Waals surface area contributed by atoms with E-state index in [0.717, 1.165) is 41.8 Å². The minimum Gasteiger partial charge on any atom is -0.444 e. The molecule has 2 heterocycles. The van der Waals surface area contributed by atoms with Crippen LogP contribution >= 0.6 is 0 Å². The number of H-pyrrole nitrogens is 1. The van der Waals surface area contributed by atoms with Gasteiger partial charge in [0.1, 0.15) is 11.4 Å². The Morgan fingerprint density at radius 3 is 2.36 bits per heavy atom. The molecule has 33 heavy (non-hydrogen) atoms.